The van der Waals surface area contributed by atoms with Gasteiger partial charge in [0.25, 0.3) is 0 Å². The van der Waals surface area contributed by atoms with Crippen LogP contribution in [0, 0.1) is 5.92 Å². The fourth-order valence-electron chi connectivity index (χ4n) is 4.54. The number of aliphatic imine (C=N–C) groups is 1. The third kappa shape index (κ3) is 7.59. The molecule has 0 aromatic heterocycles. The van der Waals surface area contributed by atoms with E-state index in [1.165, 1.54) is 77.4 Å². The summed E-state index contributed by atoms with van der Waals surface area (Å²) < 4.78 is 11.6. The van der Waals surface area contributed by atoms with Crippen molar-refractivity contribution in [2.45, 2.75) is 69.9 Å². The molecule has 3 rings (SSSR count). The number of ether oxygens (including phenoxy) is 2. The third-order valence-electron chi connectivity index (χ3n) is 6.24. The Kier molecular flexibility index (Phi) is 9.18. The van der Waals surface area contributed by atoms with E-state index in [0.29, 0.717) is 12.1 Å². The number of guanidine groups is 1. The van der Waals surface area contributed by atoms with E-state index in [1.807, 2.05) is 7.05 Å². The van der Waals surface area contributed by atoms with Gasteiger partial charge in [0.15, 0.2) is 5.96 Å². The summed E-state index contributed by atoms with van der Waals surface area (Å²) in [6.07, 6.45) is 12.0. The van der Waals surface area contributed by atoms with Crippen molar-refractivity contribution < 1.29 is 9.47 Å². The Labute approximate surface area is 165 Å². The molecule has 6 nitrogen and oxygen atoms in total. The summed E-state index contributed by atoms with van der Waals surface area (Å²) in [6.45, 7) is 7.07. The Bertz CT molecular complexity index is 424. The molecule has 0 aromatic carbocycles. The van der Waals surface area contributed by atoms with E-state index < -0.39 is 0 Å². The summed E-state index contributed by atoms with van der Waals surface area (Å²) in [5.74, 6) is 1.67. The molecular weight excluding hydrogens is 340 g/mol. The van der Waals surface area contributed by atoms with Crippen LogP contribution in [0.5, 0.6) is 0 Å². The monoisotopic (exact) mass is 380 g/mol. The molecule has 0 amide bonds. The standard InChI is InChI=1S/C21H40N4O2/c1-22-21(23-11-15-27-20-6-4-2-3-5-7-20)24-19-8-12-25(13-9-19)16-18-10-14-26-17-18/h18-20H,2-17H2,1H3,(H2,22,23,24). The van der Waals surface area contributed by atoms with Crippen molar-refractivity contribution in [2.75, 3.05) is 53.0 Å². The molecule has 1 aliphatic carbocycles. The van der Waals surface area contributed by atoms with Gasteiger partial charge in [-0.3, -0.25) is 4.99 Å². The molecule has 0 radical (unpaired) electrons. The van der Waals surface area contributed by atoms with Crippen LogP contribution in [0.3, 0.4) is 0 Å². The number of hydrogen-bond acceptors (Lipinski definition) is 4. The number of likely N-dealkylation sites (tertiary alicyclic amines) is 1. The smallest absolute Gasteiger partial charge is 0.191 e. The fourth-order valence-corrected chi connectivity index (χ4v) is 4.54. The van der Waals surface area contributed by atoms with E-state index in [9.17, 15) is 0 Å². The Hall–Kier alpha value is -0.850. The lowest BCUT2D eigenvalue weighted by Gasteiger charge is -2.34. The lowest BCUT2D eigenvalue weighted by molar-refractivity contribution is 0.0467. The van der Waals surface area contributed by atoms with E-state index >= 15 is 0 Å². The molecule has 1 atom stereocenters. The molecule has 3 fully saturated rings. The highest BCUT2D eigenvalue weighted by Crippen LogP contribution is 2.19. The molecule has 2 N–H and O–H groups in total. The number of nitrogens with zero attached hydrogens (tertiary/aromatic N) is 2. The molecule has 0 spiro atoms. The van der Waals surface area contributed by atoms with Crippen molar-refractivity contribution in [3.8, 4) is 0 Å². The average Bonchev–Trinajstić information content (AvgIpc) is 3.06. The van der Waals surface area contributed by atoms with Crippen LogP contribution in [-0.2, 0) is 9.47 Å². The minimum Gasteiger partial charge on any atom is -0.381 e. The second kappa shape index (κ2) is 11.9. The summed E-state index contributed by atoms with van der Waals surface area (Å²) >= 11 is 0. The molecule has 156 valence electrons. The van der Waals surface area contributed by atoms with Crippen LogP contribution in [0.2, 0.25) is 0 Å². The van der Waals surface area contributed by atoms with Crippen molar-refractivity contribution in [1.82, 2.24) is 15.5 Å². The van der Waals surface area contributed by atoms with Crippen LogP contribution in [0.15, 0.2) is 4.99 Å². The van der Waals surface area contributed by atoms with E-state index in [4.69, 9.17) is 9.47 Å². The van der Waals surface area contributed by atoms with Crippen LogP contribution >= 0.6 is 0 Å². The van der Waals surface area contributed by atoms with Crippen LogP contribution in [0.1, 0.15) is 57.8 Å². The highest BCUT2D eigenvalue weighted by molar-refractivity contribution is 5.79. The number of nitrogens with one attached hydrogen (secondary N) is 2. The Morgan fingerprint density at radius 1 is 1.07 bits per heavy atom. The first-order valence-corrected chi connectivity index (χ1v) is 11.2. The van der Waals surface area contributed by atoms with Gasteiger partial charge in [0.1, 0.15) is 0 Å². The average molecular weight is 381 g/mol. The van der Waals surface area contributed by atoms with Crippen LogP contribution in [-0.4, -0.2) is 76.1 Å². The predicted molar refractivity (Wildman–Crippen MR) is 110 cm³/mol. The summed E-state index contributed by atoms with van der Waals surface area (Å²) in [4.78, 5) is 7.00. The molecule has 6 heteroatoms. The summed E-state index contributed by atoms with van der Waals surface area (Å²) in [5.41, 5.74) is 0. The topological polar surface area (TPSA) is 58.1 Å². The van der Waals surface area contributed by atoms with Crippen molar-refractivity contribution in [3.05, 3.63) is 0 Å². The van der Waals surface area contributed by atoms with E-state index in [-0.39, 0.29) is 0 Å². The van der Waals surface area contributed by atoms with Gasteiger partial charge in [0.05, 0.1) is 19.3 Å². The molecule has 1 unspecified atom stereocenters. The maximum absolute atomic E-state index is 6.06. The Morgan fingerprint density at radius 3 is 2.52 bits per heavy atom. The molecule has 27 heavy (non-hydrogen) atoms. The van der Waals surface area contributed by atoms with Gasteiger partial charge in [0.2, 0.25) is 0 Å². The summed E-state index contributed by atoms with van der Waals surface area (Å²) in [5, 5.41) is 7.03. The van der Waals surface area contributed by atoms with Crippen LogP contribution in [0.25, 0.3) is 0 Å². The first-order chi connectivity index (χ1) is 13.3. The highest BCUT2D eigenvalue weighted by Gasteiger charge is 2.24. The quantitative estimate of drug-likeness (QED) is 0.307. The van der Waals surface area contributed by atoms with E-state index in [1.54, 1.807) is 0 Å². The van der Waals surface area contributed by atoms with Crippen molar-refractivity contribution in [2.24, 2.45) is 10.9 Å². The summed E-state index contributed by atoms with van der Waals surface area (Å²) in [7, 11) is 1.86. The van der Waals surface area contributed by atoms with Crippen LogP contribution in [0.4, 0.5) is 0 Å². The Balaban J connectivity index is 1.26. The van der Waals surface area contributed by atoms with Gasteiger partial charge >= 0.3 is 0 Å². The summed E-state index contributed by atoms with van der Waals surface area (Å²) in [6, 6.07) is 0.523. The second-order valence-electron chi connectivity index (χ2n) is 8.43. The number of rotatable bonds is 7. The molecule has 2 heterocycles. The lowest BCUT2D eigenvalue weighted by atomic mass is 10.0. The third-order valence-corrected chi connectivity index (χ3v) is 6.24. The molecule has 3 aliphatic rings. The van der Waals surface area contributed by atoms with Crippen molar-refractivity contribution in [1.29, 1.82) is 0 Å². The zero-order chi connectivity index (χ0) is 18.7. The van der Waals surface area contributed by atoms with Crippen molar-refractivity contribution >= 4 is 5.96 Å². The first kappa shape index (κ1) is 20.9. The molecule has 1 saturated carbocycles. The molecule has 0 bridgehead atoms. The highest BCUT2D eigenvalue weighted by atomic mass is 16.5. The van der Waals surface area contributed by atoms with Gasteiger partial charge in [-0.1, -0.05) is 25.7 Å². The molecule has 2 aliphatic heterocycles. The molecular formula is C21H40N4O2. The number of hydrogen-bond donors (Lipinski definition) is 2. The minimum atomic E-state index is 0.471. The van der Waals surface area contributed by atoms with Gasteiger partial charge in [-0.15, -0.1) is 0 Å². The van der Waals surface area contributed by atoms with Gasteiger partial charge < -0.3 is 25.0 Å². The van der Waals surface area contributed by atoms with E-state index in [2.05, 4.69) is 20.5 Å². The van der Waals surface area contributed by atoms with Crippen molar-refractivity contribution in [3.63, 3.8) is 0 Å². The second-order valence-corrected chi connectivity index (χ2v) is 8.43. The van der Waals surface area contributed by atoms with Gasteiger partial charge in [-0.2, -0.15) is 0 Å². The van der Waals surface area contributed by atoms with Gasteiger partial charge in [0, 0.05) is 45.9 Å². The maximum atomic E-state index is 6.06. The minimum absolute atomic E-state index is 0.471. The Morgan fingerprint density at radius 2 is 1.85 bits per heavy atom. The maximum Gasteiger partial charge on any atom is 0.191 e. The number of piperidine rings is 1. The normalized spacial score (nSPS) is 26.9. The van der Waals surface area contributed by atoms with Gasteiger partial charge in [-0.25, -0.2) is 0 Å². The molecule has 2 saturated heterocycles. The first-order valence-electron chi connectivity index (χ1n) is 11.2. The SMILES string of the molecule is CN=C(NCCOC1CCCCCC1)NC1CCN(CC2CCOC2)CC1. The zero-order valence-electron chi connectivity index (χ0n) is 17.3. The predicted octanol–water partition coefficient (Wildman–Crippen LogP) is 2.39. The zero-order valence-corrected chi connectivity index (χ0v) is 17.3. The van der Waals surface area contributed by atoms with Crippen LogP contribution < -0.4 is 10.6 Å². The lowest BCUT2D eigenvalue weighted by Crippen LogP contribution is -2.49. The van der Waals surface area contributed by atoms with Gasteiger partial charge in [-0.05, 0) is 38.0 Å². The van der Waals surface area contributed by atoms with E-state index in [0.717, 1.165) is 38.2 Å². The fraction of sp³-hybridized carbons (Fsp3) is 0.952. The largest absolute Gasteiger partial charge is 0.381 e. The molecule has 0 aromatic rings.